The van der Waals surface area contributed by atoms with Crippen LogP contribution in [0.2, 0.25) is 0 Å². The summed E-state index contributed by atoms with van der Waals surface area (Å²) in [5, 5.41) is 0. The van der Waals surface area contributed by atoms with E-state index < -0.39 is 5.97 Å². The minimum atomic E-state index is -0.423. The maximum atomic E-state index is 12.2. The third-order valence-electron chi connectivity index (χ3n) is 4.63. The van der Waals surface area contributed by atoms with E-state index in [4.69, 9.17) is 28.4 Å². The molecule has 188 valence electrons. The molecule has 1 aliphatic heterocycles. The second kappa shape index (κ2) is 16.1. The number of amides is 2. The first-order valence-corrected chi connectivity index (χ1v) is 11.2. The molecule has 0 bridgehead atoms. The first-order valence-electron chi connectivity index (χ1n) is 11.2. The fourth-order valence-electron chi connectivity index (χ4n) is 2.90. The van der Waals surface area contributed by atoms with Gasteiger partial charge in [0.1, 0.15) is 6.61 Å². The zero-order chi connectivity index (χ0) is 24.6. The number of ether oxygens (including phenoxy) is 6. The number of carbonyl (C=O) groups excluding carboxylic acids is 3. The molecule has 2 rings (SSSR count). The lowest BCUT2D eigenvalue weighted by Crippen LogP contribution is -2.33. The van der Waals surface area contributed by atoms with Crippen LogP contribution in [0.3, 0.4) is 0 Å². The van der Waals surface area contributed by atoms with Gasteiger partial charge in [0, 0.05) is 5.57 Å². The number of hydrogen-bond donors (Lipinski definition) is 0. The Morgan fingerprint density at radius 3 is 1.50 bits per heavy atom. The van der Waals surface area contributed by atoms with Crippen LogP contribution in [0.15, 0.2) is 36.4 Å². The van der Waals surface area contributed by atoms with Crippen molar-refractivity contribution in [2.24, 2.45) is 0 Å². The summed E-state index contributed by atoms with van der Waals surface area (Å²) >= 11 is 0. The molecule has 0 radical (unpaired) electrons. The van der Waals surface area contributed by atoms with Crippen molar-refractivity contribution >= 4 is 17.8 Å². The van der Waals surface area contributed by atoms with Gasteiger partial charge in [-0.1, -0.05) is 18.7 Å². The van der Waals surface area contributed by atoms with Crippen LogP contribution >= 0.6 is 0 Å². The fraction of sp³-hybridized carbons (Fsp3) is 0.542. The van der Waals surface area contributed by atoms with Crippen molar-refractivity contribution in [2.75, 3.05) is 79.2 Å². The summed E-state index contributed by atoms with van der Waals surface area (Å²) in [5.41, 5.74) is 1.24. The molecule has 0 N–H and O–H groups in total. The second-order valence-electron chi connectivity index (χ2n) is 7.29. The molecule has 0 unspecified atom stereocenters. The lowest BCUT2D eigenvalue weighted by molar-refractivity contribution is -0.140. The smallest absolute Gasteiger partial charge is 0.333 e. The first kappa shape index (κ1) is 27.6. The summed E-state index contributed by atoms with van der Waals surface area (Å²) in [5.74, 6) is -0.987. The average molecular weight is 480 g/mol. The van der Waals surface area contributed by atoms with Gasteiger partial charge in [0.2, 0.25) is 0 Å². The van der Waals surface area contributed by atoms with E-state index in [1.807, 2.05) is 0 Å². The summed E-state index contributed by atoms with van der Waals surface area (Å²) < 4.78 is 31.8. The second-order valence-corrected chi connectivity index (χ2v) is 7.29. The van der Waals surface area contributed by atoms with Gasteiger partial charge >= 0.3 is 5.97 Å². The summed E-state index contributed by atoms with van der Waals surface area (Å²) in [7, 11) is 0. The van der Waals surface area contributed by atoms with E-state index in [1.54, 1.807) is 31.2 Å². The van der Waals surface area contributed by atoms with Crippen LogP contribution in [-0.4, -0.2) is 102 Å². The van der Waals surface area contributed by atoms with Gasteiger partial charge in [-0.05, 0) is 19.1 Å². The van der Waals surface area contributed by atoms with Crippen LogP contribution in [0.25, 0.3) is 0 Å². The third-order valence-corrected chi connectivity index (χ3v) is 4.63. The van der Waals surface area contributed by atoms with Crippen molar-refractivity contribution < 1.29 is 42.8 Å². The summed E-state index contributed by atoms with van der Waals surface area (Å²) in [4.78, 5) is 36.8. The number of benzene rings is 1. The van der Waals surface area contributed by atoms with Crippen molar-refractivity contribution in [3.63, 3.8) is 0 Å². The van der Waals surface area contributed by atoms with Gasteiger partial charge in [-0.3, -0.25) is 14.5 Å². The Morgan fingerprint density at radius 2 is 1.09 bits per heavy atom. The van der Waals surface area contributed by atoms with Gasteiger partial charge in [0.25, 0.3) is 11.8 Å². The Morgan fingerprint density at radius 1 is 0.706 bits per heavy atom. The molecule has 0 saturated heterocycles. The van der Waals surface area contributed by atoms with Crippen LogP contribution < -0.4 is 0 Å². The highest BCUT2D eigenvalue weighted by Crippen LogP contribution is 2.21. The molecule has 0 aromatic heterocycles. The topological polar surface area (TPSA) is 110 Å². The van der Waals surface area contributed by atoms with Gasteiger partial charge in [-0.15, -0.1) is 0 Å². The minimum Gasteiger partial charge on any atom is -0.460 e. The molecule has 1 aromatic carbocycles. The largest absolute Gasteiger partial charge is 0.460 e. The van der Waals surface area contributed by atoms with E-state index >= 15 is 0 Å². The zero-order valence-electron chi connectivity index (χ0n) is 19.6. The molecule has 0 atom stereocenters. The lowest BCUT2D eigenvalue weighted by atomic mass is 10.1. The van der Waals surface area contributed by atoms with Crippen LogP contribution in [0, 0.1) is 0 Å². The Kier molecular flexibility index (Phi) is 13.1. The number of fused-ring (bicyclic) bond motifs is 1. The molecule has 0 spiro atoms. The molecule has 34 heavy (non-hydrogen) atoms. The van der Waals surface area contributed by atoms with E-state index in [9.17, 15) is 14.4 Å². The highest BCUT2D eigenvalue weighted by atomic mass is 16.6. The Hall–Kier alpha value is -2.63. The SMILES string of the molecule is C=C(C)C(=O)OCCOCCOCCOCCOCCOCCN1C(=O)c2ccccc2C1=O. The molecular formula is C24H33NO9. The average Bonchev–Trinajstić information content (AvgIpc) is 3.07. The number of carbonyl (C=O) groups is 3. The lowest BCUT2D eigenvalue weighted by Gasteiger charge is -2.13. The van der Waals surface area contributed by atoms with Crippen LogP contribution in [0.1, 0.15) is 27.6 Å². The molecule has 0 saturated carbocycles. The molecule has 1 aliphatic rings. The normalized spacial score (nSPS) is 12.8. The van der Waals surface area contributed by atoms with Crippen LogP contribution in [-0.2, 0) is 33.2 Å². The van der Waals surface area contributed by atoms with E-state index in [1.165, 1.54) is 4.90 Å². The molecule has 10 heteroatoms. The molecule has 1 heterocycles. The number of nitrogens with zero attached hydrogens (tertiary/aromatic N) is 1. The highest BCUT2D eigenvalue weighted by Gasteiger charge is 2.34. The van der Waals surface area contributed by atoms with E-state index in [-0.39, 0.29) is 31.6 Å². The van der Waals surface area contributed by atoms with Gasteiger partial charge in [-0.2, -0.15) is 0 Å². The summed E-state index contributed by atoms with van der Waals surface area (Å²) in [6.07, 6.45) is 0. The predicted octanol–water partition coefficient (Wildman–Crippen LogP) is 1.48. The molecular weight excluding hydrogens is 446 g/mol. The maximum absolute atomic E-state index is 12.2. The van der Waals surface area contributed by atoms with E-state index in [0.29, 0.717) is 76.2 Å². The number of imide groups is 1. The fourth-order valence-corrected chi connectivity index (χ4v) is 2.90. The van der Waals surface area contributed by atoms with Crippen molar-refractivity contribution in [2.45, 2.75) is 6.92 Å². The van der Waals surface area contributed by atoms with Crippen molar-refractivity contribution in [3.8, 4) is 0 Å². The first-order chi connectivity index (χ1) is 16.5. The van der Waals surface area contributed by atoms with Gasteiger partial charge in [0.15, 0.2) is 0 Å². The Labute approximate surface area is 199 Å². The molecule has 0 fully saturated rings. The monoisotopic (exact) mass is 479 g/mol. The Bertz CT molecular complexity index is 776. The van der Waals surface area contributed by atoms with Gasteiger partial charge in [0.05, 0.1) is 83.7 Å². The number of rotatable bonds is 19. The minimum absolute atomic E-state index is 0.187. The predicted molar refractivity (Wildman–Crippen MR) is 122 cm³/mol. The van der Waals surface area contributed by atoms with Crippen molar-refractivity contribution in [1.82, 2.24) is 4.90 Å². The number of hydrogen-bond acceptors (Lipinski definition) is 9. The summed E-state index contributed by atoms with van der Waals surface area (Å²) in [6, 6.07) is 6.79. The van der Waals surface area contributed by atoms with Gasteiger partial charge < -0.3 is 28.4 Å². The van der Waals surface area contributed by atoms with E-state index in [0.717, 1.165) is 0 Å². The van der Waals surface area contributed by atoms with Crippen LogP contribution in [0.5, 0.6) is 0 Å². The molecule has 0 aliphatic carbocycles. The molecule has 10 nitrogen and oxygen atoms in total. The van der Waals surface area contributed by atoms with Crippen LogP contribution in [0.4, 0.5) is 0 Å². The summed E-state index contributed by atoms with van der Waals surface area (Å²) in [6.45, 7) is 9.36. The molecule has 2 amide bonds. The quantitative estimate of drug-likeness (QED) is 0.126. The van der Waals surface area contributed by atoms with E-state index in [2.05, 4.69) is 6.58 Å². The van der Waals surface area contributed by atoms with Gasteiger partial charge in [-0.25, -0.2) is 4.79 Å². The van der Waals surface area contributed by atoms with Crippen molar-refractivity contribution in [3.05, 3.63) is 47.5 Å². The maximum Gasteiger partial charge on any atom is 0.333 e. The highest BCUT2D eigenvalue weighted by molar-refractivity contribution is 6.21. The standard InChI is InChI=1S/C24H33NO9/c1-19(2)24(28)34-18-17-33-16-15-32-14-13-31-12-11-30-10-9-29-8-7-25-22(26)20-5-3-4-6-21(20)23(25)27/h3-6H,1,7-18H2,2H3. The zero-order valence-corrected chi connectivity index (χ0v) is 19.6. The number of esters is 1. The van der Waals surface area contributed by atoms with Crippen molar-refractivity contribution in [1.29, 1.82) is 0 Å². The molecule has 1 aromatic rings. The Balaban J connectivity index is 1.31. The third kappa shape index (κ3) is 9.70.